The Labute approximate surface area is 233 Å². The van der Waals surface area contributed by atoms with E-state index in [1.54, 1.807) is 13.0 Å². The van der Waals surface area contributed by atoms with Gasteiger partial charge in [0.25, 0.3) is 5.91 Å². The number of hydrogen-bond donors (Lipinski definition) is 3. The Kier molecular flexibility index (Phi) is 9.26. The maximum absolute atomic E-state index is 14.6. The highest BCUT2D eigenvalue weighted by molar-refractivity contribution is 8.00. The number of fused-ring (bicyclic) bond motifs is 1. The number of amides is 1. The smallest absolute Gasteiger partial charge is 0.447 e. The number of carbonyl (C=O) groups is 1. The molecule has 1 aliphatic rings. The summed E-state index contributed by atoms with van der Waals surface area (Å²) in [5.74, 6) is 5.85. The second kappa shape index (κ2) is 12.6. The van der Waals surface area contributed by atoms with Crippen molar-refractivity contribution in [2.75, 3.05) is 51.0 Å². The number of nitrogens with one attached hydrogen (secondary N) is 3. The minimum absolute atomic E-state index is 0.0295. The molecule has 4 heterocycles. The molecular weight excluding hydrogens is 550 g/mol. The summed E-state index contributed by atoms with van der Waals surface area (Å²) in [7, 11) is 3.26. The summed E-state index contributed by atoms with van der Waals surface area (Å²) >= 11 is -0.281. The number of alkyl halides is 4. The van der Waals surface area contributed by atoms with Gasteiger partial charge in [-0.05, 0) is 32.5 Å². The molecule has 3 aromatic heterocycles. The van der Waals surface area contributed by atoms with Crippen LogP contribution in [0, 0.1) is 11.8 Å². The normalized spacial score (nSPS) is 17.7. The number of likely N-dealkylation sites (tertiary alicyclic amines) is 1. The van der Waals surface area contributed by atoms with E-state index in [0.29, 0.717) is 36.3 Å². The van der Waals surface area contributed by atoms with E-state index in [1.165, 1.54) is 36.2 Å². The third kappa shape index (κ3) is 7.08. The van der Waals surface area contributed by atoms with E-state index in [2.05, 4.69) is 37.8 Å². The molecule has 1 saturated heterocycles. The van der Waals surface area contributed by atoms with Gasteiger partial charge in [0, 0.05) is 50.0 Å². The molecule has 0 aliphatic carbocycles. The van der Waals surface area contributed by atoms with Crippen LogP contribution in [0.1, 0.15) is 29.3 Å². The average molecular weight is 580 g/mol. The number of pyridine rings is 1. The van der Waals surface area contributed by atoms with Crippen LogP contribution < -0.4 is 20.7 Å². The van der Waals surface area contributed by atoms with E-state index < -0.39 is 17.7 Å². The summed E-state index contributed by atoms with van der Waals surface area (Å²) in [6.07, 6.45) is 3.55. The monoisotopic (exact) mass is 579 g/mol. The summed E-state index contributed by atoms with van der Waals surface area (Å²) < 4.78 is 61.7. The van der Waals surface area contributed by atoms with Crippen molar-refractivity contribution in [3.63, 3.8) is 0 Å². The number of ether oxygens (including phenoxy) is 1. The molecule has 9 nitrogen and oxygen atoms in total. The molecular formula is C26H29F4N7O2S. The minimum atomic E-state index is -4.56. The van der Waals surface area contributed by atoms with Gasteiger partial charge in [-0.3, -0.25) is 4.79 Å². The van der Waals surface area contributed by atoms with Crippen LogP contribution in [-0.4, -0.2) is 83.2 Å². The van der Waals surface area contributed by atoms with Crippen molar-refractivity contribution in [2.24, 2.45) is 0 Å². The van der Waals surface area contributed by atoms with Crippen molar-refractivity contribution in [2.45, 2.75) is 36.1 Å². The molecule has 0 saturated carbocycles. The molecule has 3 N–H and O–H groups in total. The number of piperidine rings is 1. The summed E-state index contributed by atoms with van der Waals surface area (Å²) in [4.78, 5) is 22.4. The largest absolute Gasteiger partial charge is 0.480 e. The first-order valence-electron chi connectivity index (χ1n) is 12.5. The minimum Gasteiger partial charge on any atom is -0.480 e. The van der Waals surface area contributed by atoms with Crippen molar-refractivity contribution >= 4 is 34.7 Å². The van der Waals surface area contributed by atoms with E-state index in [4.69, 9.17) is 4.74 Å². The molecule has 40 heavy (non-hydrogen) atoms. The Morgan fingerprint density at radius 2 is 2.10 bits per heavy atom. The number of carbonyl (C=O) groups excluding carboxylic acids is 1. The average Bonchev–Trinajstić information content (AvgIpc) is 3.24. The Morgan fingerprint density at radius 3 is 2.80 bits per heavy atom. The Morgan fingerprint density at radius 1 is 1.30 bits per heavy atom. The third-order valence-electron chi connectivity index (χ3n) is 6.17. The van der Waals surface area contributed by atoms with Crippen LogP contribution in [0.5, 0.6) is 5.88 Å². The van der Waals surface area contributed by atoms with Gasteiger partial charge in [-0.2, -0.15) is 13.2 Å². The van der Waals surface area contributed by atoms with Crippen LogP contribution in [-0.2, 0) is 0 Å². The molecule has 0 spiro atoms. The van der Waals surface area contributed by atoms with Crippen LogP contribution >= 0.6 is 11.8 Å². The van der Waals surface area contributed by atoms with Crippen LogP contribution in [0.3, 0.4) is 0 Å². The van der Waals surface area contributed by atoms with Gasteiger partial charge < -0.3 is 30.0 Å². The van der Waals surface area contributed by atoms with E-state index in [9.17, 15) is 22.4 Å². The quantitative estimate of drug-likeness (QED) is 0.209. The van der Waals surface area contributed by atoms with Gasteiger partial charge in [-0.25, -0.2) is 14.4 Å². The molecule has 1 aliphatic heterocycles. The predicted molar refractivity (Wildman–Crippen MR) is 146 cm³/mol. The van der Waals surface area contributed by atoms with Crippen molar-refractivity contribution in [3.8, 4) is 17.7 Å². The van der Waals surface area contributed by atoms with E-state index in [-0.39, 0.29) is 53.0 Å². The van der Waals surface area contributed by atoms with Crippen molar-refractivity contribution in [3.05, 3.63) is 41.9 Å². The second-order valence-corrected chi connectivity index (χ2v) is 10.1. The molecule has 0 bridgehead atoms. The molecule has 214 valence electrons. The van der Waals surface area contributed by atoms with E-state index >= 15 is 0 Å². The molecule has 0 radical (unpaired) electrons. The summed E-state index contributed by atoms with van der Waals surface area (Å²) in [6, 6.07) is 2.55. The topological polar surface area (TPSA) is 95.8 Å². The number of rotatable bonds is 8. The maximum atomic E-state index is 14.6. The number of halogens is 4. The van der Waals surface area contributed by atoms with Crippen LogP contribution in [0.15, 0.2) is 35.7 Å². The first-order chi connectivity index (χ1) is 19.1. The first kappa shape index (κ1) is 29.3. The molecule has 2 atom stereocenters. The third-order valence-corrected chi connectivity index (χ3v) is 7.01. The Hall–Kier alpha value is -3.70. The standard InChI is InChI=1S/C26H29F4N7O2S/c1-4-31-23(38)17-12-20(24(39-3)34-14-17)32-8-5-6-16-13-21-22(35-19-7-10-36(2)15-18(19)27)33-9-11-37(21)25(16)40-26(28,29)30/h9,11-14,18-19,32H,4,7-8,10,15H2,1-3H3,(H,31,38)(H,33,35)/t18-,19+/m0/s1. The number of aromatic nitrogens is 3. The van der Waals surface area contributed by atoms with Gasteiger partial charge in [0.2, 0.25) is 5.88 Å². The fraction of sp³-hybridized carbons (Fsp3) is 0.423. The highest BCUT2D eigenvalue weighted by Crippen LogP contribution is 2.40. The number of anilines is 2. The molecule has 14 heteroatoms. The number of nitrogens with zero attached hydrogens (tertiary/aromatic N) is 4. The van der Waals surface area contributed by atoms with Gasteiger partial charge in [0.1, 0.15) is 11.2 Å². The molecule has 3 aromatic rings. The molecule has 0 unspecified atom stereocenters. The number of thioether (sulfide) groups is 1. The summed E-state index contributed by atoms with van der Waals surface area (Å²) in [5, 5.41) is 8.64. The fourth-order valence-electron chi connectivity index (χ4n) is 4.29. The van der Waals surface area contributed by atoms with Crippen LogP contribution in [0.25, 0.3) is 5.52 Å². The lowest BCUT2D eigenvalue weighted by Crippen LogP contribution is -2.46. The van der Waals surface area contributed by atoms with Crippen molar-refractivity contribution < 1.29 is 27.1 Å². The lowest BCUT2D eigenvalue weighted by molar-refractivity contribution is -0.0329. The second-order valence-electron chi connectivity index (χ2n) is 9.06. The van der Waals surface area contributed by atoms with Gasteiger partial charge in [0.15, 0.2) is 5.82 Å². The van der Waals surface area contributed by atoms with Crippen molar-refractivity contribution in [1.82, 2.24) is 24.6 Å². The zero-order valence-corrected chi connectivity index (χ0v) is 22.9. The molecule has 1 fully saturated rings. The fourth-order valence-corrected chi connectivity index (χ4v) is 4.99. The van der Waals surface area contributed by atoms with Gasteiger partial charge in [0.05, 0.1) is 42.0 Å². The highest BCUT2D eigenvalue weighted by Gasteiger charge is 2.33. The van der Waals surface area contributed by atoms with Crippen LogP contribution in [0.4, 0.5) is 29.1 Å². The van der Waals surface area contributed by atoms with Gasteiger partial charge >= 0.3 is 5.51 Å². The Bertz CT molecular complexity index is 1420. The highest BCUT2D eigenvalue weighted by atomic mass is 32.2. The molecule has 1 amide bonds. The predicted octanol–water partition coefficient (Wildman–Crippen LogP) is 4.02. The SMILES string of the molecule is CCNC(=O)c1cnc(OC)c(NCC#Cc2cc3c(N[C@@H]4CCN(C)C[C@@H]4F)nccn3c2SC(F)(F)F)c1. The molecule has 4 rings (SSSR count). The number of hydrogen-bond acceptors (Lipinski definition) is 8. The Balaban J connectivity index is 1.60. The zero-order valence-electron chi connectivity index (χ0n) is 22.1. The zero-order chi connectivity index (χ0) is 28.9. The molecule has 0 aromatic carbocycles. The lowest BCUT2D eigenvalue weighted by atomic mass is 10.0. The summed E-state index contributed by atoms with van der Waals surface area (Å²) in [6.45, 7) is 3.22. The van der Waals surface area contributed by atoms with Crippen molar-refractivity contribution in [1.29, 1.82) is 0 Å². The van der Waals surface area contributed by atoms with Gasteiger partial charge in [-0.1, -0.05) is 11.8 Å². The number of methoxy groups -OCH3 is 1. The van der Waals surface area contributed by atoms with E-state index in [0.717, 1.165) is 0 Å². The summed E-state index contributed by atoms with van der Waals surface area (Å²) in [5.41, 5.74) is -3.34. The van der Waals surface area contributed by atoms with Crippen LogP contribution in [0.2, 0.25) is 0 Å². The maximum Gasteiger partial charge on any atom is 0.447 e. The lowest BCUT2D eigenvalue weighted by Gasteiger charge is -2.33. The van der Waals surface area contributed by atoms with E-state index in [1.807, 2.05) is 11.9 Å². The van der Waals surface area contributed by atoms with Gasteiger partial charge in [-0.15, -0.1) is 0 Å². The first-order valence-corrected chi connectivity index (χ1v) is 13.3.